The lowest BCUT2D eigenvalue weighted by Crippen LogP contribution is -2.02. The number of pyridine rings is 3. The number of aromatic nitrogens is 3. The molecule has 0 saturated heterocycles. The first-order chi connectivity index (χ1) is 15.3. The second-order valence-electron chi connectivity index (χ2n) is 7.61. The fourth-order valence-corrected chi connectivity index (χ4v) is 3.72. The molecule has 3 heterocycles. The van der Waals surface area contributed by atoms with E-state index in [4.69, 9.17) is 0 Å². The Bertz CT molecular complexity index is 1330. The Labute approximate surface area is 181 Å². The van der Waals surface area contributed by atoms with Gasteiger partial charge in [-0.15, -0.1) is 0 Å². The van der Waals surface area contributed by atoms with Crippen LogP contribution in [0.5, 0.6) is 0 Å². The van der Waals surface area contributed by atoms with Crippen molar-refractivity contribution in [3.8, 4) is 22.4 Å². The normalized spacial score (nSPS) is 10.9. The standard InChI is InChI=1S/C27H22N4/c1-19-3-2-4-23(15-19)21-7-5-20(6-8-21)17-31-27-25-18-30-26(16-24(25)11-14-29-27)22-9-12-28-13-10-22/h2-16,18H,17H2,1H3,(H,29,31). The van der Waals surface area contributed by atoms with Crippen LogP contribution >= 0.6 is 0 Å². The number of aryl methyl sites for hydroxylation is 1. The van der Waals surface area contributed by atoms with Gasteiger partial charge in [-0.3, -0.25) is 9.97 Å². The maximum absolute atomic E-state index is 4.64. The van der Waals surface area contributed by atoms with Crippen molar-refractivity contribution >= 4 is 16.6 Å². The minimum Gasteiger partial charge on any atom is -0.365 e. The van der Waals surface area contributed by atoms with Crippen molar-refractivity contribution in [3.05, 3.63) is 109 Å². The monoisotopic (exact) mass is 402 g/mol. The first-order valence-corrected chi connectivity index (χ1v) is 10.3. The van der Waals surface area contributed by atoms with Crippen molar-refractivity contribution in [1.29, 1.82) is 0 Å². The Morgan fingerprint density at radius 2 is 1.58 bits per heavy atom. The van der Waals surface area contributed by atoms with Crippen LogP contribution in [0.3, 0.4) is 0 Å². The highest BCUT2D eigenvalue weighted by molar-refractivity contribution is 5.93. The van der Waals surface area contributed by atoms with Gasteiger partial charge >= 0.3 is 0 Å². The average Bonchev–Trinajstić information content (AvgIpc) is 2.83. The van der Waals surface area contributed by atoms with E-state index < -0.39 is 0 Å². The summed E-state index contributed by atoms with van der Waals surface area (Å²) in [6, 6.07) is 25.3. The number of hydrogen-bond donors (Lipinski definition) is 1. The molecule has 0 fully saturated rings. The van der Waals surface area contributed by atoms with Gasteiger partial charge in [-0.1, -0.05) is 54.1 Å². The SMILES string of the molecule is Cc1cccc(-c2ccc(CNc3nccc4cc(-c5ccncc5)ncc34)cc2)c1. The minimum atomic E-state index is 0.701. The van der Waals surface area contributed by atoms with Gasteiger partial charge in [0, 0.05) is 42.3 Å². The predicted molar refractivity (Wildman–Crippen MR) is 127 cm³/mol. The van der Waals surface area contributed by atoms with E-state index in [1.54, 1.807) is 12.4 Å². The number of hydrogen-bond acceptors (Lipinski definition) is 4. The van der Waals surface area contributed by atoms with Gasteiger partial charge in [-0.05, 0) is 53.3 Å². The van der Waals surface area contributed by atoms with E-state index in [2.05, 4.69) is 81.8 Å². The second kappa shape index (κ2) is 8.36. The summed E-state index contributed by atoms with van der Waals surface area (Å²) in [6.45, 7) is 2.82. The summed E-state index contributed by atoms with van der Waals surface area (Å²) in [5.74, 6) is 0.842. The van der Waals surface area contributed by atoms with Gasteiger partial charge in [0.25, 0.3) is 0 Å². The smallest absolute Gasteiger partial charge is 0.135 e. The summed E-state index contributed by atoms with van der Waals surface area (Å²) in [5.41, 5.74) is 6.92. The van der Waals surface area contributed by atoms with E-state index in [-0.39, 0.29) is 0 Å². The minimum absolute atomic E-state index is 0.701. The Balaban J connectivity index is 1.35. The van der Waals surface area contributed by atoms with Crippen LogP contribution in [0.4, 0.5) is 5.82 Å². The van der Waals surface area contributed by atoms with E-state index >= 15 is 0 Å². The molecule has 0 radical (unpaired) electrons. The molecule has 150 valence electrons. The van der Waals surface area contributed by atoms with Crippen molar-refractivity contribution in [1.82, 2.24) is 15.0 Å². The lowest BCUT2D eigenvalue weighted by molar-refractivity contribution is 1.12. The van der Waals surface area contributed by atoms with Gasteiger partial charge in [0.05, 0.1) is 5.69 Å². The van der Waals surface area contributed by atoms with Gasteiger partial charge in [0.15, 0.2) is 0 Å². The molecule has 0 amide bonds. The highest BCUT2D eigenvalue weighted by Gasteiger charge is 2.06. The number of anilines is 1. The molecular formula is C27H22N4. The van der Waals surface area contributed by atoms with E-state index in [0.717, 1.165) is 27.8 Å². The molecule has 3 aromatic heterocycles. The summed E-state index contributed by atoms with van der Waals surface area (Å²) < 4.78 is 0. The largest absolute Gasteiger partial charge is 0.365 e. The molecule has 0 atom stereocenters. The molecule has 4 nitrogen and oxygen atoms in total. The lowest BCUT2D eigenvalue weighted by Gasteiger charge is -2.10. The van der Waals surface area contributed by atoms with Crippen LogP contribution in [0.15, 0.2) is 97.6 Å². The van der Waals surface area contributed by atoms with Crippen LogP contribution in [-0.2, 0) is 6.54 Å². The zero-order chi connectivity index (χ0) is 21.0. The van der Waals surface area contributed by atoms with Crippen molar-refractivity contribution in [2.24, 2.45) is 0 Å². The Morgan fingerprint density at radius 3 is 2.39 bits per heavy atom. The number of rotatable bonds is 5. The van der Waals surface area contributed by atoms with E-state index in [1.165, 1.54) is 22.3 Å². The maximum Gasteiger partial charge on any atom is 0.135 e. The fourth-order valence-electron chi connectivity index (χ4n) is 3.72. The molecule has 0 bridgehead atoms. The Morgan fingerprint density at radius 1 is 0.742 bits per heavy atom. The van der Waals surface area contributed by atoms with Gasteiger partial charge in [0.1, 0.15) is 5.82 Å². The highest BCUT2D eigenvalue weighted by Crippen LogP contribution is 2.26. The Kier molecular flexibility index (Phi) is 5.11. The third kappa shape index (κ3) is 4.14. The highest BCUT2D eigenvalue weighted by atomic mass is 15.0. The summed E-state index contributed by atoms with van der Waals surface area (Å²) in [7, 11) is 0. The molecule has 0 unspecified atom stereocenters. The van der Waals surface area contributed by atoms with Gasteiger partial charge in [-0.2, -0.15) is 0 Å². The maximum atomic E-state index is 4.64. The van der Waals surface area contributed by atoms with Crippen LogP contribution in [0.2, 0.25) is 0 Å². The fraction of sp³-hybridized carbons (Fsp3) is 0.0741. The Hall–Kier alpha value is -4.05. The molecule has 2 aromatic carbocycles. The zero-order valence-electron chi connectivity index (χ0n) is 17.3. The van der Waals surface area contributed by atoms with Crippen LogP contribution in [0.1, 0.15) is 11.1 Å². The predicted octanol–water partition coefficient (Wildman–Crippen LogP) is 6.28. The first kappa shape index (κ1) is 18.9. The first-order valence-electron chi connectivity index (χ1n) is 10.3. The molecular weight excluding hydrogens is 380 g/mol. The van der Waals surface area contributed by atoms with Crippen LogP contribution in [-0.4, -0.2) is 15.0 Å². The van der Waals surface area contributed by atoms with E-state index in [0.29, 0.717) is 6.54 Å². The van der Waals surface area contributed by atoms with Crippen molar-refractivity contribution < 1.29 is 0 Å². The number of fused-ring (bicyclic) bond motifs is 1. The molecule has 5 rings (SSSR count). The van der Waals surface area contributed by atoms with Crippen molar-refractivity contribution in [3.63, 3.8) is 0 Å². The lowest BCUT2D eigenvalue weighted by atomic mass is 10.0. The van der Waals surface area contributed by atoms with Crippen molar-refractivity contribution in [2.45, 2.75) is 13.5 Å². The molecule has 0 spiro atoms. The molecule has 4 heteroatoms. The van der Waals surface area contributed by atoms with Crippen LogP contribution in [0.25, 0.3) is 33.2 Å². The van der Waals surface area contributed by atoms with Gasteiger partial charge in [-0.25, -0.2) is 4.98 Å². The average molecular weight is 403 g/mol. The topological polar surface area (TPSA) is 50.7 Å². The van der Waals surface area contributed by atoms with Crippen LogP contribution in [0, 0.1) is 6.92 Å². The summed E-state index contributed by atoms with van der Waals surface area (Å²) >= 11 is 0. The van der Waals surface area contributed by atoms with Gasteiger partial charge < -0.3 is 5.32 Å². The quantitative estimate of drug-likeness (QED) is 0.376. The van der Waals surface area contributed by atoms with Gasteiger partial charge in [0.2, 0.25) is 0 Å². The summed E-state index contributed by atoms with van der Waals surface area (Å²) in [5, 5.41) is 5.59. The third-order valence-corrected chi connectivity index (χ3v) is 5.39. The summed E-state index contributed by atoms with van der Waals surface area (Å²) in [4.78, 5) is 13.3. The second-order valence-corrected chi connectivity index (χ2v) is 7.61. The molecule has 0 aliphatic carbocycles. The third-order valence-electron chi connectivity index (χ3n) is 5.39. The molecule has 5 aromatic rings. The van der Waals surface area contributed by atoms with E-state index in [9.17, 15) is 0 Å². The number of benzene rings is 2. The summed E-state index contributed by atoms with van der Waals surface area (Å²) in [6.07, 6.45) is 7.29. The molecule has 1 N–H and O–H groups in total. The van der Waals surface area contributed by atoms with E-state index in [1.807, 2.05) is 30.6 Å². The zero-order valence-corrected chi connectivity index (χ0v) is 17.3. The molecule has 0 aliphatic rings. The van der Waals surface area contributed by atoms with Crippen molar-refractivity contribution in [2.75, 3.05) is 5.32 Å². The number of nitrogens with one attached hydrogen (secondary N) is 1. The number of nitrogens with zero attached hydrogens (tertiary/aromatic N) is 3. The molecule has 0 aliphatic heterocycles. The molecule has 0 saturated carbocycles. The molecule has 31 heavy (non-hydrogen) atoms. The van der Waals surface area contributed by atoms with Crippen LogP contribution < -0.4 is 5.32 Å².